The molecule has 1 aliphatic rings. The summed E-state index contributed by atoms with van der Waals surface area (Å²) in [6.45, 7) is 0.124. The van der Waals surface area contributed by atoms with Crippen LogP contribution < -0.4 is 19.6 Å². The molecule has 1 N–H and O–H groups in total. The first-order valence-electron chi connectivity index (χ1n) is 7.22. The van der Waals surface area contributed by atoms with Crippen LogP contribution >= 0.6 is 11.6 Å². The normalized spacial score (nSPS) is 16.0. The van der Waals surface area contributed by atoms with Gasteiger partial charge in [0.2, 0.25) is 6.10 Å². The Morgan fingerprint density at radius 3 is 2.92 bits per heavy atom. The zero-order chi connectivity index (χ0) is 16.9. The van der Waals surface area contributed by atoms with Gasteiger partial charge in [-0.1, -0.05) is 23.7 Å². The maximum atomic E-state index is 12.1. The van der Waals surface area contributed by atoms with Crippen LogP contribution in [0.2, 0.25) is 5.02 Å². The zero-order valence-electron chi connectivity index (χ0n) is 12.9. The fourth-order valence-corrected chi connectivity index (χ4v) is 2.37. The van der Waals surface area contributed by atoms with Crippen molar-refractivity contribution in [3.63, 3.8) is 0 Å². The maximum absolute atomic E-state index is 12.1. The average molecular weight is 347 g/mol. The van der Waals surface area contributed by atoms with Crippen LogP contribution in [-0.2, 0) is 4.79 Å². The summed E-state index contributed by atoms with van der Waals surface area (Å²) >= 11 is 5.94. The van der Waals surface area contributed by atoms with Gasteiger partial charge in [-0.15, -0.1) is 0 Å². The molecule has 3 rings (SSSR count). The molecule has 24 heavy (non-hydrogen) atoms. The monoisotopic (exact) mass is 346 g/mol. The molecular weight excluding hydrogens is 332 g/mol. The summed E-state index contributed by atoms with van der Waals surface area (Å²) in [6.07, 6.45) is 0.693. The number of methoxy groups -OCH3 is 1. The predicted molar refractivity (Wildman–Crippen MR) is 90.1 cm³/mol. The van der Waals surface area contributed by atoms with Crippen molar-refractivity contribution in [2.24, 2.45) is 5.10 Å². The van der Waals surface area contributed by atoms with Crippen LogP contribution in [0, 0.1) is 0 Å². The number of halogens is 1. The number of hydrogen-bond acceptors (Lipinski definition) is 5. The van der Waals surface area contributed by atoms with Gasteiger partial charge >= 0.3 is 0 Å². The molecule has 0 radical (unpaired) electrons. The second-order valence-corrected chi connectivity index (χ2v) is 5.42. The number of para-hydroxylation sites is 2. The summed E-state index contributed by atoms with van der Waals surface area (Å²) in [4.78, 5) is 12.1. The van der Waals surface area contributed by atoms with Crippen LogP contribution in [-0.4, -0.2) is 31.9 Å². The molecule has 2 aromatic carbocycles. The molecule has 1 aliphatic heterocycles. The highest BCUT2D eigenvalue weighted by molar-refractivity contribution is 6.30. The molecule has 1 heterocycles. The second kappa shape index (κ2) is 7.23. The lowest BCUT2D eigenvalue weighted by molar-refractivity contribution is -0.130. The van der Waals surface area contributed by atoms with Gasteiger partial charge in [0.1, 0.15) is 12.4 Å². The number of hydrazone groups is 1. The van der Waals surface area contributed by atoms with Gasteiger partial charge < -0.3 is 14.2 Å². The number of amides is 1. The van der Waals surface area contributed by atoms with Gasteiger partial charge in [0.25, 0.3) is 5.91 Å². The quantitative estimate of drug-likeness (QED) is 0.682. The van der Waals surface area contributed by atoms with Crippen LogP contribution in [0.15, 0.2) is 47.6 Å². The summed E-state index contributed by atoms with van der Waals surface area (Å²) < 4.78 is 16.3. The van der Waals surface area contributed by atoms with E-state index >= 15 is 0 Å². The molecule has 2 aromatic rings. The van der Waals surface area contributed by atoms with E-state index in [9.17, 15) is 4.79 Å². The van der Waals surface area contributed by atoms with Crippen molar-refractivity contribution in [1.82, 2.24) is 5.43 Å². The van der Waals surface area contributed by atoms with E-state index in [4.69, 9.17) is 25.8 Å². The van der Waals surface area contributed by atoms with Crippen molar-refractivity contribution in [3.05, 3.63) is 53.1 Å². The van der Waals surface area contributed by atoms with Gasteiger partial charge in [-0.05, 0) is 30.3 Å². The Kier molecular flexibility index (Phi) is 4.86. The minimum atomic E-state index is -0.765. The van der Waals surface area contributed by atoms with E-state index in [1.807, 2.05) is 12.1 Å². The Labute approximate surface area is 144 Å². The molecule has 0 saturated carbocycles. The van der Waals surface area contributed by atoms with Crippen LogP contribution in [0.25, 0.3) is 0 Å². The first-order chi connectivity index (χ1) is 11.7. The SMILES string of the molecule is COc1ccc(Cl)cc1C=NNC(=O)[C@H]1COc2ccccc2O1. The molecule has 0 unspecified atom stereocenters. The smallest absolute Gasteiger partial charge is 0.284 e. The fraction of sp³-hybridized carbons (Fsp3) is 0.176. The van der Waals surface area contributed by atoms with E-state index in [-0.39, 0.29) is 6.61 Å². The number of fused-ring (bicyclic) bond motifs is 1. The first kappa shape index (κ1) is 16.1. The Balaban J connectivity index is 1.63. The molecule has 1 amide bonds. The Morgan fingerprint density at radius 2 is 2.12 bits per heavy atom. The third-order valence-corrected chi connectivity index (χ3v) is 3.61. The molecule has 6 nitrogen and oxygen atoms in total. The van der Waals surface area contributed by atoms with E-state index in [1.54, 1.807) is 37.4 Å². The molecular formula is C17H15ClN2O4. The first-order valence-corrected chi connectivity index (χ1v) is 7.60. The minimum absolute atomic E-state index is 0.124. The Bertz CT molecular complexity index is 779. The van der Waals surface area contributed by atoms with Crippen molar-refractivity contribution in [3.8, 4) is 17.2 Å². The summed E-state index contributed by atoms with van der Waals surface area (Å²) in [5, 5.41) is 4.47. The highest BCUT2D eigenvalue weighted by Crippen LogP contribution is 2.30. The van der Waals surface area contributed by atoms with Crippen molar-refractivity contribution < 1.29 is 19.0 Å². The van der Waals surface area contributed by atoms with E-state index < -0.39 is 12.0 Å². The Hall–Kier alpha value is -2.73. The number of carbonyl (C=O) groups excluding carboxylic acids is 1. The topological polar surface area (TPSA) is 69.2 Å². The van der Waals surface area contributed by atoms with Crippen molar-refractivity contribution in [1.29, 1.82) is 0 Å². The highest BCUT2D eigenvalue weighted by atomic mass is 35.5. The number of carbonyl (C=O) groups is 1. The van der Waals surface area contributed by atoms with Gasteiger partial charge in [-0.25, -0.2) is 5.43 Å². The molecule has 0 saturated heterocycles. The lowest BCUT2D eigenvalue weighted by Gasteiger charge is -2.24. The van der Waals surface area contributed by atoms with E-state index in [0.717, 1.165) is 0 Å². The number of rotatable bonds is 4. The largest absolute Gasteiger partial charge is 0.496 e. The number of nitrogens with zero attached hydrogens (tertiary/aromatic N) is 1. The highest BCUT2D eigenvalue weighted by Gasteiger charge is 2.26. The van der Waals surface area contributed by atoms with Gasteiger partial charge in [0.05, 0.1) is 13.3 Å². The molecule has 124 valence electrons. The Morgan fingerprint density at radius 1 is 1.33 bits per heavy atom. The zero-order valence-corrected chi connectivity index (χ0v) is 13.6. The van der Waals surface area contributed by atoms with Gasteiger partial charge in [0, 0.05) is 10.6 Å². The number of hydrogen-bond donors (Lipinski definition) is 1. The summed E-state index contributed by atoms with van der Waals surface area (Å²) in [5.74, 6) is 1.35. The van der Waals surface area contributed by atoms with Crippen molar-refractivity contribution in [2.75, 3.05) is 13.7 Å². The van der Waals surface area contributed by atoms with Crippen molar-refractivity contribution in [2.45, 2.75) is 6.10 Å². The molecule has 0 fully saturated rings. The maximum Gasteiger partial charge on any atom is 0.284 e. The fourth-order valence-electron chi connectivity index (χ4n) is 2.19. The predicted octanol–water partition coefficient (Wildman–Crippen LogP) is 2.64. The van der Waals surface area contributed by atoms with Crippen LogP contribution in [0.4, 0.5) is 0 Å². The molecule has 0 aromatic heterocycles. The summed E-state index contributed by atoms with van der Waals surface area (Å²) in [6, 6.07) is 12.3. The number of nitrogens with one attached hydrogen (secondary N) is 1. The molecule has 0 bridgehead atoms. The molecule has 7 heteroatoms. The van der Waals surface area contributed by atoms with E-state index in [0.29, 0.717) is 27.8 Å². The average Bonchev–Trinajstić information content (AvgIpc) is 2.61. The van der Waals surface area contributed by atoms with Crippen LogP contribution in [0.1, 0.15) is 5.56 Å². The number of benzene rings is 2. The summed E-state index contributed by atoms with van der Waals surface area (Å²) in [5.41, 5.74) is 3.08. The third-order valence-electron chi connectivity index (χ3n) is 3.37. The van der Waals surface area contributed by atoms with Crippen LogP contribution in [0.5, 0.6) is 17.2 Å². The number of ether oxygens (including phenoxy) is 3. The van der Waals surface area contributed by atoms with E-state index in [2.05, 4.69) is 10.5 Å². The van der Waals surface area contributed by atoms with Gasteiger partial charge in [-0.3, -0.25) is 4.79 Å². The van der Waals surface area contributed by atoms with Crippen LogP contribution in [0.3, 0.4) is 0 Å². The molecule has 0 spiro atoms. The summed E-state index contributed by atoms with van der Waals surface area (Å²) in [7, 11) is 1.55. The standard InChI is InChI=1S/C17H15ClN2O4/c1-22-13-7-6-12(18)8-11(13)9-19-20-17(21)16-10-23-14-4-2-3-5-15(14)24-16/h2-9,16H,10H2,1H3,(H,20,21)/t16-/m1/s1. The van der Waals surface area contributed by atoms with E-state index in [1.165, 1.54) is 6.21 Å². The molecule has 1 atom stereocenters. The van der Waals surface area contributed by atoms with Crippen molar-refractivity contribution >= 4 is 23.7 Å². The third kappa shape index (κ3) is 3.60. The lowest BCUT2D eigenvalue weighted by atomic mass is 10.2. The minimum Gasteiger partial charge on any atom is -0.496 e. The lowest BCUT2D eigenvalue weighted by Crippen LogP contribution is -2.42. The second-order valence-electron chi connectivity index (χ2n) is 4.98. The molecule has 0 aliphatic carbocycles. The van der Waals surface area contributed by atoms with Gasteiger partial charge in [0.15, 0.2) is 11.5 Å². The van der Waals surface area contributed by atoms with Gasteiger partial charge in [-0.2, -0.15) is 5.10 Å².